The van der Waals surface area contributed by atoms with Crippen LogP contribution in [0.4, 0.5) is 0 Å². The maximum atomic E-state index is 12.8. The molecule has 13 unspecified atom stereocenters. The van der Waals surface area contributed by atoms with E-state index >= 15 is 0 Å². The molecular formula is C36H68B8IO14P2S2-3. The van der Waals surface area contributed by atoms with Crippen molar-refractivity contribution in [3.8, 4) is 0 Å². The quantitative estimate of drug-likeness (QED) is 0.0534. The molecule has 0 amide bonds. The maximum absolute atomic E-state index is 12.8. The first-order chi connectivity index (χ1) is 29.6. The van der Waals surface area contributed by atoms with Crippen LogP contribution in [0, 0.1) is 0 Å². The van der Waals surface area contributed by atoms with Gasteiger partial charge < -0.3 is 61.6 Å². The van der Waals surface area contributed by atoms with Gasteiger partial charge in [-0.1, -0.05) is 68.0 Å². The lowest BCUT2D eigenvalue weighted by molar-refractivity contribution is -0.325. The van der Waals surface area contributed by atoms with Crippen LogP contribution in [0.1, 0.15) is 81.1 Å². The first-order valence-corrected chi connectivity index (χ1v) is 29.4. The van der Waals surface area contributed by atoms with Crippen LogP contribution in [0.2, 0.25) is 27.3 Å². The van der Waals surface area contributed by atoms with Gasteiger partial charge in [0.15, 0.2) is 6.80 Å². The summed E-state index contributed by atoms with van der Waals surface area (Å²) in [5.74, 6) is 0.255. The Hall–Kier alpha value is 1.96. The Balaban J connectivity index is 0.000000360. The van der Waals surface area contributed by atoms with E-state index in [1.165, 1.54) is 0 Å². The van der Waals surface area contributed by atoms with Gasteiger partial charge in [-0.3, -0.25) is 4.57 Å². The second-order valence-electron chi connectivity index (χ2n) is 16.7. The van der Waals surface area contributed by atoms with E-state index in [4.69, 9.17) is 46.9 Å². The molecule has 0 spiro atoms. The molecule has 8 radical (unpaired) electrons. The van der Waals surface area contributed by atoms with Gasteiger partial charge >= 0.3 is 0 Å². The molecule has 13 atom stereocenters. The Kier molecular flexibility index (Phi) is 31.1. The van der Waals surface area contributed by atoms with Crippen LogP contribution in [-0.4, -0.2) is 178 Å². The van der Waals surface area contributed by atoms with Crippen LogP contribution in [0.3, 0.4) is 0 Å². The molecule has 0 aromatic carbocycles. The molecule has 4 saturated heterocycles. The lowest BCUT2D eigenvalue weighted by atomic mass is 9.38. The first-order valence-electron chi connectivity index (χ1n) is 22.2. The third-order valence-corrected chi connectivity index (χ3v) is 14.3. The Labute approximate surface area is 409 Å². The van der Waals surface area contributed by atoms with E-state index in [1.54, 1.807) is 0 Å². The van der Waals surface area contributed by atoms with Gasteiger partial charge in [-0.2, -0.15) is 0 Å². The monoisotopic (exact) mass is 1070 g/mol. The predicted molar refractivity (Wildman–Crippen MR) is 268 cm³/mol. The minimum Gasteiger partial charge on any atom is -0.812 e. The van der Waals surface area contributed by atoms with E-state index in [-0.39, 0.29) is 72.5 Å². The fourth-order valence-corrected chi connectivity index (χ4v) is 11.6. The molecule has 4 heterocycles. The number of hydrogen-bond acceptors (Lipinski definition) is 16. The molecular weight excluding hydrogens is 996 g/mol. The van der Waals surface area contributed by atoms with E-state index in [2.05, 4.69) is 55.4 Å². The van der Waals surface area contributed by atoms with Crippen molar-refractivity contribution in [1.29, 1.82) is 0 Å². The molecule has 0 aromatic rings. The smallest absolute Gasteiger partial charge is 0.192 e. The molecule has 4 aliphatic heterocycles. The van der Waals surface area contributed by atoms with Gasteiger partial charge in [-0.15, -0.1) is 11.8 Å². The largest absolute Gasteiger partial charge is 0.812 e. The molecule has 4 aliphatic rings. The Morgan fingerprint density at radius 3 is 1.29 bits per heavy atom. The normalized spacial score (nSPS) is 31.6. The molecule has 14 nitrogen and oxygen atoms in total. The third kappa shape index (κ3) is 25.6. The average Bonchev–Trinajstić information content (AvgIpc) is 3.94. The number of halogens is 1. The van der Waals surface area contributed by atoms with Gasteiger partial charge in [0, 0.05) is 34.2 Å². The molecule has 4 rings (SSSR count). The third-order valence-electron chi connectivity index (χ3n) is 9.70. The van der Waals surface area contributed by atoms with Crippen LogP contribution in [-0.2, 0) is 63.3 Å². The molecule has 27 heteroatoms. The molecule has 0 bridgehead atoms. The number of ether oxygens (including phenoxy) is 8. The van der Waals surface area contributed by atoms with E-state index in [9.17, 15) is 19.2 Å². The van der Waals surface area contributed by atoms with Crippen molar-refractivity contribution in [2.45, 2.75) is 206 Å². The zero-order valence-corrected chi connectivity index (χ0v) is 44.9. The number of rotatable bonds is 26. The number of hydrogen-bond donors (Lipinski definition) is 0. The van der Waals surface area contributed by atoms with Crippen molar-refractivity contribution in [2.24, 2.45) is 0 Å². The van der Waals surface area contributed by atoms with Crippen molar-refractivity contribution in [3.05, 3.63) is 0 Å². The molecule has 0 aromatic heterocycles. The molecule has 0 aliphatic carbocycles. The molecule has 4 fully saturated rings. The van der Waals surface area contributed by atoms with Crippen LogP contribution in [0.25, 0.3) is 0 Å². The summed E-state index contributed by atoms with van der Waals surface area (Å²) in [5, 5.41) is 0. The summed E-state index contributed by atoms with van der Waals surface area (Å²) in [6, 6.07) is -0.135. The van der Waals surface area contributed by atoms with Gasteiger partial charge in [0.25, 0.3) is 0 Å². The Morgan fingerprint density at radius 1 is 0.587 bits per heavy atom. The van der Waals surface area contributed by atoms with Crippen molar-refractivity contribution in [2.75, 3.05) is 23.4 Å². The highest BCUT2D eigenvalue weighted by Crippen LogP contribution is 2.55. The maximum Gasteiger partial charge on any atom is 0.192 e. The summed E-state index contributed by atoms with van der Waals surface area (Å²) in [5.41, 5.74) is 0. The highest BCUT2D eigenvalue weighted by molar-refractivity contribution is 14.1. The molecule has 63 heavy (non-hydrogen) atoms. The van der Waals surface area contributed by atoms with Crippen LogP contribution < -0.4 is 14.7 Å². The summed E-state index contributed by atoms with van der Waals surface area (Å²) in [6.45, 7) is 15.8. The lowest BCUT2D eigenvalue weighted by Crippen LogP contribution is -2.32. The average molecular weight is 1060 g/mol. The summed E-state index contributed by atoms with van der Waals surface area (Å²) >= 11 is 7.43. The lowest BCUT2D eigenvalue weighted by Gasteiger charge is -2.38. The van der Waals surface area contributed by atoms with Gasteiger partial charge in [0.1, 0.15) is 40.9 Å². The van der Waals surface area contributed by atoms with Gasteiger partial charge in [0.05, 0.1) is 103 Å². The Bertz CT molecular complexity index is 1330. The van der Waals surface area contributed by atoms with Crippen LogP contribution in [0.15, 0.2) is 0 Å². The van der Waals surface area contributed by atoms with Gasteiger partial charge in [0.2, 0.25) is 0 Å². The summed E-state index contributed by atoms with van der Waals surface area (Å²) in [6.07, 6.45) is 1.19. The van der Waals surface area contributed by atoms with Gasteiger partial charge in [-0.05, 0) is 81.1 Å². The zero-order valence-electron chi connectivity index (χ0n) is 39.3. The molecule has 352 valence electrons. The zero-order chi connectivity index (χ0) is 47.3. The topological polar surface area (TPSA) is 179 Å². The molecule has 0 N–H and O–H groups in total. The minimum absolute atomic E-state index is 0.0287. The van der Waals surface area contributed by atoms with E-state index in [1.807, 2.05) is 119 Å². The van der Waals surface area contributed by atoms with Crippen molar-refractivity contribution in [1.82, 2.24) is 0 Å². The molecule has 0 saturated carbocycles. The van der Waals surface area contributed by atoms with Gasteiger partial charge in [-0.25, -0.2) is 0 Å². The number of alkyl halides is 1. The highest BCUT2D eigenvalue weighted by Gasteiger charge is 2.41. The fourth-order valence-electron chi connectivity index (χ4n) is 7.23. The van der Waals surface area contributed by atoms with Crippen molar-refractivity contribution >= 4 is 117 Å². The fraction of sp³-hybridized carbons (Fsp3) is 1.00. The predicted octanol–water partition coefficient (Wildman–Crippen LogP) is 2.69. The Morgan fingerprint density at radius 2 is 0.937 bits per heavy atom. The van der Waals surface area contributed by atoms with E-state index in [0.717, 1.165) is 22.2 Å². The van der Waals surface area contributed by atoms with Crippen LogP contribution >= 0.6 is 47.5 Å². The summed E-state index contributed by atoms with van der Waals surface area (Å²) < 4.78 is 70.6. The van der Waals surface area contributed by atoms with Crippen LogP contribution in [0.5, 0.6) is 0 Å². The second kappa shape index (κ2) is 32.0. The summed E-state index contributed by atoms with van der Waals surface area (Å²) in [4.78, 5) is 34.9. The highest BCUT2D eigenvalue weighted by atomic mass is 127. The summed E-state index contributed by atoms with van der Waals surface area (Å²) in [7, 11) is 15.6. The van der Waals surface area contributed by atoms with E-state index < -0.39 is 37.9 Å². The second-order valence-corrected chi connectivity index (χ2v) is 23.9. The van der Waals surface area contributed by atoms with E-state index in [0.29, 0.717) is 38.6 Å². The first kappa shape index (κ1) is 61.1. The standard InChI is InChI=1S/C18H35B4O7PS.C9H17B2IO2.C9H19B2O5PS/c1-11(2)25-9-15-14(8-18(27-15)22-20-6)29-30(23,24)31-10-16-13(26-12(3)4)7-17(28-16)21-19-5;1-6(2)13-7-4-9(11-10-3)14-8(7)5-12;1-6(2)14-5-8-7(16-17(12,13)18)4-9(15-8)11-10-3/h11-18H,7-10H2,1-6H3,(H,23,24);6-9H,4-5H2,1-3H3;6-9H,4-5H2,1-3H3,(H2,12,13,18)/p-3. The minimum atomic E-state index is -4.17. The van der Waals surface area contributed by atoms with Crippen molar-refractivity contribution < 1.29 is 66.2 Å². The SMILES string of the molecule is C[B][B]C1CC(OC(C)C)C(CI)O1.C[B][B]C1CC(OC(C)C)C(CSP(=O)([O-])OC2CC([B][B]C)OC2COC(C)C)O1.C[B][B]C1CC(OP([O-])([O-])=S)C(COC(C)C)O1. The van der Waals surface area contributed by atoms with Crippen molar-refractivity contribution in [3.63, 3.8) is 0 Å².